The van der Waals surface area contributed by atoms with Crippen LogP contribution in [0.2, 0.25) is 0 Å². The highest BCUT2D eigenvalue weighted by Gasteiger charge is 2.44. The van der Waals surface area contributed by atoms with Gasteiger partial charge in [-0.25, -0.2) is 0 Å². The van der Waals surface area contributed by atoms with E-state index >= 15 is 0 Å². The van der Waals surface area contributed by atoms with Gasteiger partial charge in [0.1, 0.15) is 0 Å². The molecule has 1 amide bonds. The van der Waals surface area contributed by atoms with Crippen LogP contribution in [0.5, 0.6) is 0 Å². The van der Waals surface area contributed by atoms with E-state index < -0.39 is 0 Å². The summed E-state index contributed by atoms with van der Waals surface area (Å²) in [4.78, 5) is 17.4. The number of nitrogens with one attached hydrogen (secondary N) is 1. The highest BCUT2D eigenvalue weighted by Crippen LogP contribution is 2.31. The van der Waals surface area contributed by atoms with Crippen molar-refractivity contribution in [2.45, 2.75) is 25.3 Å². The molecule has 5 nitrogen and oxygen atoms in total. The van der Waals surface area contributed by atoms with E-state index in [4.69, 9.17) is 4.74 Å². The van der Waals surface area contributed by atoms with E-state index in [0.29, 0.717) is 12.5 Å². The Labute approximate surface area is 127 Å². The predicted octanol–water partition coefficient (Wildman–Crippen LogP) is 0.341. The number of hydrogen-bond donors (Lipinski definition) is 1. The number of carbonyl (C=O) groups is 1. The molecule has 0 bridgehead atoms. The second kappa shape index (κ2) is 6.60. The number of carbonyl (C=O) groups excluding carboxylic acids is 1. The summed E-state index contributed by atoms with van der Waals surface area (Å²) in [5.41, 5.74) is -0.309. The maximum atomic E-state index is 12.8. The van der Waals surface area contributed by atoms with Gasteiger partial charge < -0.3 is 15.0 Å². The molecular formula is C14H26ClN3O2. The lowest BCUT2D eigenvalue weighted by molar-refractivity contribution is -0.146. The van der Waals surface area contributed by atoms with Crippen molar-refractivity contribution >= 4 is 18.3 Å². The second-order valence-corrected chi connectivity index (χ2v) is 6.20. The van der Waals surface area contributed by atoms with Crippen molar-refractivity contribution < 1.29 is 9.53 Å². The molecule has 1 N–H and O–H groups in total. The van der Waals surface area contributed by atoms with Gasteiger partial charge in [-0.2, -0.15) is 0 Å². The van der Waals surface area contributed by atoms with Crippen LogP contribution in [0, 0.1) is 5.41 Å². The monoisotopic (exact) mass is 303 g/mol. The van der Waals surface area contributed by atoms with Crippen molar-refractivity contribution in [1.82, 2.24) is 15.1 Å². The highest BCUT2D eigenvalue weighted by atomic mass is 35.5. The fraction of sp³-hybridized carbons (Fsp3) is 0.929. The summed E-state index contributed by atoms with van der Waals surface area (Å²) < 4.78 is 5.31. The van der Waals surface area contributed by atoms with Crippen molar-refractivity contribution in [3.05, 3.63) is 0 Å². The minimum Gasteiger partial charge on any atom is -0.384 e. The molecule has 2 aliphatic heterocycles. The van der Waals surface area contributed by atoms with Gasteiger partial charge >= 0.3 is 0 Å². The molecule has 0 spiro atoms. The van der Waals surface area contributed by atoms with Crippen molar-refractivity contribution in [3.8, 4) is 0 Å². The third kappa shape index (κ3) is 3.11. The Hall–Kier alpha value is -0.360. The van der Waals surface area contributed by atoms with E-state index in [2.05, 4.69) is 15.1 Å². The lowest BCUT2D eigenvalue weighted by Gasteiger charge is -2.39. The second-order valence-electron chi connectivity index (χ2n) is 6.20. The van der Waals surface area contributed by atoms with E-state index in [0.717, 1.165) is 51.7 Å². The molecule has 3 fully saturated rings. The van der Waals surface area contributed by atoms with E-state index in [1.54, 1.807) is 7.11 Å². The fourth-order valence-corrected chi connectivity index (χ4v) is 3.45. The molecule has 2 saturated heterocycles. The molecule has 2 heterocycles. The number of hydrogen-bond acceptors (Lipinski definition) is 4. The first kappa shape index (κ1) is 16.0. The molecular weight excluding hydrogens is 278 g/mol. The van der Waals surface area contributed by atoms with Crippen LogP contribution in [0.15, 0.2) is 0 Å². The zero-order valence-electron chi connectivity index (χ0n) is 12.3. The third-order valence-corrected chi connectivity index (χ3v) is 4.78. The molecule has 3 rings (SSSR count). The molecule has 0 radical (unpaired) electrons. The molecule has 6 heteroatoms. The SMILES string of the molecule is COCC1(C(=O)N2CCN(C3CC3)CC2)CCNC1.Cl. The zero-order valence-corrected chi connectivity index (χ0v) is 13.1. The largest absolute Gasteiger partial charge is 0.384 e. The van der Waals surface area contributed by atoms with Gasteiger partial charge in [-0.3, -0.25) is 9.69 Å². The van der Waals surface area contributed by atoms with Crippen LogP contribution in [0.4, 0.5) is 0 Å². The smallest absolute Gasteiger partial charge is 0.232 e. The summed E-state index contributed by atoms with van der Waals surface area (Å²) in [7, 11) is 1.69. The molecule has 116 valence electrons. The normalized spacial score (nSPS) is 31.1. The first-order valence-corrected chi connectivity index (χ1v) is 7.48. The molecule has 1 unspecified atom stereocenters. The molecule has 1 atom stereocenters. The quantitative estimate of drug-likeness (QED) is 0.813. The van der Waals surface area contributed by atoms with Gasteiger partial charge in [0, 0.05) is 45.9 Å². The van der Waals surface area contributed by atoms with E-state index in [9.17, 15) is 4.79 Å². The van der Waals surface area contributed by atoms with Crippen LogP contribution in [-0.4, -0.2) is 74.7 Å². The number of amides is 1. The highest BCUT2D eigenvalue weighted by molar-refractivity contribution is 5.85. The molecule has 20 heavy (non-hydrogen) atoms. The molecule has 3 aliphatic rings. The zero-order chi connectivity index (χ0) is 13.3. The van der Waals surface area contributed by atoms with Gasteiger partial charge in [-0.05, 0) is 25.8 Å². The van der Waals surface area contributed by atoms with Gasteiger partial charge in [0.05, 0.1) is 12.0 Å². The Bertz CT molecular complexity index is 335. The van der Waals surface area contributed by atoms with Crippen molar-refractivity contribution in [1.29, 1.82) is 0 Å². The molecule has 0 aromatic heterocycles. The molecule has 0 aromatic carbocycles. The van der Waals surface area contributed by atoms with Crippen LogP contribution < -0.4 is 5.32 Å². The van der Waals surface area contributed by atoms with Crippen LogP contribution in [0.1, 0.15) is 19.3 Å². The van der Waals surface area contributed by atoms with E-state index in [1.165, 1.54) is 12.8 Å². The lowest BCUT2D eigenvalue weighted by atomic mass is 9.86. The Balaban J connectivity index is 0.00000147. The van der Waals surface area contributed by atoms with Crippen LogP contribution >= 0.6 is 12.4 Å². The Morgan fingerprint density at radius 2 is 2.00 bits per heavy atom. The first-order valence-electron chi connectivity index (χ1n) is 7.48. The van der Waals surface area contributed by atoms with E-state index in [1.807, 2.05) is 0 Å². The molecule has 1 saturated carbocycles. The summed E-state index contributed by atoms with van der Waals surface area (Å²) in [5.74, 6) is 0.301. The first-order chi connectivity index (χ1) is 9.25. The number of nitrogens with zero attached hydrogens (tertiary/aromatic N) is 2. The number of methoxy groups -OCH3 is 1. The predicted molar refractivity (Wildman–Crippen MR) is 80.2 cm³/mol. The average molecular weight is 304 g/mol. The van der Waals surface area contributed by atoms with Gasteiger partial charge in [0.25, 0.3) is 0 Å². The standard InChI is InChI=1S/C14H25N3O2.ClH/c1-19-11-14(4-5-15-10-14)13(18)17-8-6-16(7-9-17)12-2-3-12;/h12,15H,2-11H2,1H3;1H. The van der Waals surface area contributed by atoms with Crippen molar-refractivity contribution in [3.63, 3.8) is 0 Å². The van der Waals surface area contributed by atoms with Crippen LogP contribution in [0.3, 0.4) is 0 Å². The maximum Gasteiger partial charge on any atom is 0.232 e. The number of halogens is 1. The summed E-state index contributed by atoms with van der Waals surface area (Å²) in [6, 6.07) is 0.818. The summed E-state index contributed by atoms with van der Waals surface area (Å²) in [6.45, 7) is 6.11. The summed E-state index contributed by atoms with van der Waals surface area (Å²) in [5, 5.41) is 3.32. The summed E-state index contributed by atoms with van der Waals surface area (Å²) >= 11 is 0. The molecule has 0 aromatic rings. The topological polar surface area (TPSA) is 44.8 Å². The van der Waals surface area contributed by atoms with Crippen LogP contribution in [0.25, 0.3) is 0 Å². The number of piperazine rings is 1. The number of rotatable bonds is 4. The average Bonchev–Trinajstić information content (AvgIpc) is 3.19. The molecule has 1 aliphatic carbocycles. The van der Waals surface area contributed by atoms with Crippen molar-refractivity contribution in [2.75, 3.05) is 53.0 Å². The van der Waals surface area contributed by atoms with E-state index in [-0.39, 0.29) is 17.8 Å². The maximum absolute atomic E-state index is 12.8. The van der Waals surface area contributed by atoms with Gasteiger partial charge in [-0.1, -0.05) is 0 Å². The minimum absolute atomic E-state index is 0. The van der Waals surface area contributed by atoms with Gasteiger partial charge in [0.2, 0.25) is 5.91 Å². The minimum atomic E-state index is -0.309. The fourth-order valence-electron chi connectivity index (χ4n) is 3.45. The van der Waals surface area contributed by atoms with Gasteiger partial charge in [0.15, 0.2) is 0 Å². The Kier molecular flexibility index (Phi) is 5.29. The Morgan fingerprint density at radius 3 is 2.50 bits per heavy atom. The summed E-state index contributed by atoms with van der Waals surface area (Å²) in [6.07, 6.45) is 3.61. The van der Waals surface area contributed by atoms with Crippen LogP contribution in [-0.2, 0) is 9.53 Å². The Morgan fingerprint density at radius 1 is 1.30 bits per heavy atom. The lowest BCUT2D eigenvalue weighted by Crippen LogP contribution is -2.55. The number of ether oxygens (including phenoxy) is 1. The van der Waals surface area contributed by atoms with Crippen molar-refractivity contribution in [2.24, 2.45) is 5.41 Å². The van der Waals surface area contributed by atoms with Gasteiger partial charge in [-0.15, -0.1) is 12.4 Å². The third-order valence-electron chi connectivity index (χ3n) is 4.78.